The van der Waals surface area contributed by atoms with Crippen molar-refractivity contribution in [2.24, 2.45) is 0 Å². The van der Waals surface area contributed by atoms with E-state index in [1.807, 2.05) is 31.2 Å². The van der Waals surface area contributed by atoms with Crippen molar-refractivity contribution in [1.29, 1.82) is 0 Å². The number of rotatable bonds is 4. The lowest BCUT2D eigenvalue weighted by molar-refractivity contribution is -0.130. The highest BCUT2D eigenvalue weighted by atomic mass is 16.5. The highest BCUT2D eigenvalue weighted by Crippen LogP contribution is 2.15. The zero-order chi connectivity index (χ0) is 14.4. The number of ether oxygens (including phenoxy) is 1. The molecule has 0 aliphatic carbocycles. The van der Waals surface area contributed by atoms with Gasteiger partial charge >= 0.3 is 0 Å². The molecule has 0 saturated carbocycles. The smallest absolute Gasteiger partial charge is 0.246 e. The Morgan fingerprint density at radius 2 is 2.10 bits per heavy atom. The number of benzene rings is 1. The maximum absolute atomic E-state index is 12.0. The van der Waals surface area contributed by atoms with Crippen LogP contribution in [0.5, 0.6) is 5.75 Å². The van der Waals surface area contributed by atoms with E-state index in [9.17, 15) is 9.59 Å². The average molecular weight is 273 g/mol. The fraction of sp³-hybridized carbons (Fsp3) is 0.375. The second kappa shape index (κ2) is 6.89. The van der Waals surface area contributed by atoms with Gasteiger partial charge in [0.15, 0.2) is 0 Å². The van der Waals surface area contributed by atoms with Crippen molar-refractivity contribution < 1.29 is 14.3 Å². The molecule has 2 rings (SSSR count). The van der Waals surface area contributed by atoms with Gasteiger partial charge in [0.05, 0.1) is 6.61 Å². The minimum absolute atomic E-state index is 0.0423. The lowest BCUT2D eigenvalue weighted by atomic mass is 10.1. The van der Waals surface area contributed by atoms with Gasteiger partial charge in [-0.2, -0.15) is 0 Å². The first-order chi connectivity index (χ1) is 9.69. The minimum atomic E-state index is -0.0423. The Kier molecular flexibility index (Phi) is 4.93. The zero-order valence-electron chi connectivity index (χ0n) is 11.7. The molecular weight excluding hydrogens is 254 g/mol. The maximum atomic E-state index is 12.0. The van der Waals surface area contributed by atoms with Crippen molar-refractivity contribution in [3.63, 3.8) is 0 Å². The molecule has 0 unspecified atom stereocenters. The van der Waals surface area contributed by atoms with Gasteiger partial charge in [-0.25, -0.2) is 0 Å². The third-order valence-corrected chi connectivity index (χ3v) is 3.22. The van der Waals surface area contributed by atoms with Gasteiger partial charge in [-0.3, -0.25) is 9.59 Å². The summed E-state index contributed by atoms with van der Waals surface area (Å²) in [5, 5.41) is 0. The molecule has 0 bridgehead atoms. The summed E-state index contributed by atoms with van der Waals surface area (Å²) >= 11 is 0. The summed E-state index contributed by atoms with van der Waals surface area (Å²) in [6.07, 6.45) is 4.28. The molecule has 1 heterocycles. The van der Waals surface area contributed by atoms with E-state index >= 15 is 0 Å². The van der Waals surface area contributed by atoms with E-state index in [0.29, 0.717) is 32.5 Å². The molecule has 0 aromatic heterocycles. The summed E-state index contributed by atoms with van der Waals surface area (Å²) in [5.41, 5.74) is 0.928. The normalized spacial score (nSPS) is 15.7. The van der Waals surface area contributed by atoms with Crippen LogP contribution >= 0.6 is 0 Å². The van der Waals surface area contributed by atoms with Crippen LogP contribution < -0.4 is 4.74 Å². The number of nitrogens with zero attached hydrogens (tertiary/aromatic N) is 1. The van der Waals surface area contributed by atoms with E-state index in [1.165, 1.54) is 0 Å². The van der Waals surface area contributed by atoms with Crippen LogP contribution in [-0.2, 0) is 9.59 Å². The molecule has 0 spiro atoms. The summed E-state index contributed by atoms with van der Waals surface area (Å²) in [4.78, 5) is 24.8. The van der Waals surface area contributed by atoms with E-state index < -0.39 is 0 Å². The Hall–Kier alpha value is -2.10. The Balaban J connectivity index is 1.96. The van der Waals surface area contributed by atoms with Crippen molar-refractivity contribution in [3.05, 3.63) is 35.9 Å². The van der Waals surface area contributed by atoms with Gasteiger partial charge in [-0.05, 0) is 30.7 Å². The van der Waals surface area contributed by atoms with Crippen molar-refractivity contribution >= 4 is 17.8 Å². The summed E-state index contributed by atoms with van der Waals surface area (Å²) in [7, 11) is 0. The third kappa shape index (κ3) is 3.95. The van der Waals surface area contributed by atoms with Gasteiger partial charge in [0.25, 0.3) is 0 Å². The summed E-state index contributed by atoms with van der Waals surface area (Å²) < 4.78 is 5.41. The number of piperidine rings is 1. The molecular formula is C16H19NO3. The third-order valence-electron chi connectivity index (χ3n) is 3.22. The van der Waals surface area contributed by atoms with E-state index in [4.69, 9.17) is 4.74 Å². The fourth-order valence-electron chi connectivity index (χ4n) is 2.12. The Morgan fingerprint density at radius 1 is 1.35 bits per heavy atom. The Labute approximate surface area is 119 Å². The van der Waals surface area contributed by atoms with Crippen LogP contribution in [0.4, 0.5) is 0 Å². The molecule has 1 saturated heterocycles. The topological polar surface area (TPSA) is 46.6 Å². The molecule has 1 aliphatic heterocycles. The number of carbonyl (C=O) groups is 2. The molecule has 4 nitrogen and oxygen atoms in total. The minimum Gasteiger partial charge on any atom is -0.494 e. The van der Waals surface area contributed by atoms with Gasteiger partial charge in [0, 0.05) is 32.0 Å². The Morgan fingerprint density at radius 3 is 2.80 bits per heavy atom. The number of ketones is 1. The van der Waals surface area contributed by atoms with Crippen molar-refractivity contribution in [3.8, 4) is 5.75 Å². The standard InChI is InChI=1S/C16H19NO3/c1-2-20-15-5-3-4-13(12-15)6-7-16(19)17-10-8-14(18)9-11-17/h3-7,12H,2,8-11H2,1H3/b7-6+. The quantitative estimate of drug-likeness (QED) is 0.791. The molecule has 1 aliphatic rings. The second-order valence-electron chi connectivity index (χ2n) is 4.70. The molecule has 4 heteroatoms. The summed E-state index contributed by atoms with van der Waals surface area (Å²) in [5.74, 6) is 0.993. The van der Waals surface area contributed by atoms with Crippen LogP contribution in [0.25, 0.3) is 6.08 Å². The van der Waals surface area contributed by atoms with E-state index in [0.717, 1.165) is 11.3 Å². The van der Waals surface area contributed by atoms with E-state index in [2.05, 4.69) is 0 Å². The van der Waals surface area contributed by atoms with Crippen molar-refractivity contribution in [2.75, 3.05) is 19.7 Å². The largest absolute Gasteiger partial charge is 0.494 e. The molecule has 106 valence electrons. The number of carbonyl (C=O) groups excluding carboxylic acids is 2. The number of hydrogen-bond donors (Lipinski definition) is 0. The van der Waals surface area contributed by atoms with Crippen LogP contribution in [0.2, 0.25) is 0 Å². The van der Waals surface area contributed by atoms with Gasteiger partial charge < -0.3 is 9.64 Å². The molecule has 0 atom stereocenters. The van der Waals surface area contributed by atoms with Crippen LogP contribution in [-0.4, -0.2) is 36.3 Å². The van der Waals surface area contributed by atoms with Gasteiger partial charge in [0.1, 0.15) is 11.5 Å². The maximum Gasteiger partial charge on any atom is 0.246 e. The van der Waals surface area contributed by atoms with Gasteiger partial charge in [0.2, 0.25) is 5.91 Å². The lowest BCUT2D eigenvalue weighted by Crippen LogP contribution is -2.37. The van der Waals surface area contributed by atoms with E-state index in [1.54, 1.807) is 17.1 Å². The monoisotopic (exact) mass is 273 g/mol. The number of hydrogen-bond acceptors (Lipinski definition) is 3. The molecule has 1 fully saturated rings. The average Bonchev–Trinajstić information content (AvgIpc) is 2.46. The summed E-state index contributed by atoms with van der Waals surface area (Å²) in [6, 6.07) is 7.60. The summed E-state index contributed by atoms with van der Waals surface area (Å²) in [6.45, 7) is 3.61. The fourth-order valence-corrected chi connectivity index (χ4v) is 2.12. The first-order valence-electron chi connectivity index (χ1n) is 6.90. The van der Waals surface area contributed by atoms with Gasteiger partial charge in [-0.15, -0.1) is 0 Å². The highest BCUT2D eigenvalue weighted by Gasteiger charge is 2.18. The SMILES string of the molecule is CCOc1cccc(/C=C/C(=O)N2CCC(=O)CC2)c1. The molecule has 0 N–H and O–H groups in total. The number of likely N-dealkylation sites (tertiary alicyclic amines) is 1. The van der Waals surface area contributed by atoms with Crippen LogP contribution in [0, 0.1) is 0 Å². The second-order valence-corrected chi connectivity index (χ2v) is 4.70. The van der Waals surface area contributed by atoms with Crippen molar-refractivity contribution in [2.45, 2.75) is 19.8 Å². The van der Waals surface area contributed by atoms with Gasteiger partial charge in [-0.1, -0.05) is 12.1 Å². The first kappa shape index (κ1) is 14.3. The molecule has 1 aromatic carbocycles. The number of amides is 1. The molecule has 1 amide bonds. The van der Waals surface area contributed by atoms with Crippen LogP contribution in [0.3, 0.4) is 0 Å². The van der Waals surface area contributed by atoms with Crippen LogP contribution in [0.1, 0.15) is 25.3 Å². The zero-order valence-corrected chi connectivity index (χ0v) is 11.7. The number of Topliss-reactive ketones (excluding diaryl/α,β-unsaturated/α-hetero) is 1. The molecule has 1 aromatic rings. The molecule has 20 heavy (non-hydrogen) atoms. The highest BCUT2D eigenvalue weighted by molar-refractivity contribution is 5.93. The lowest BCUT2D eigenvalue weighted by Gasteiger charge is -2.24. The molecule has 0 radical (unpaired) electrons. The van der Waals surface area contributed by atoms with Crippen molar-refractivity contribution in [1.82, 2.24) is 4.90 Å². The Bertz CT molecular complexity index is 512. The predicted molar refractivity (Wildman–Crippen MR) is 77.5 cm³/mol. The van der Waals surface area contributed by atoms with Crippen LogP contribution in [0.15, 0.2) is 30.3 Å². The van der Waals surface area contributed by atoms with E-state index in [-0.39, 0.29) is 11.7 Å². The predicted octanol–water partition coefficient (Wildman–Crippen LogP) is 2.29. The first-order valence-corrected chi connectivity index (χ1v) is 6.90.